The summed E-state index contributed by atoms with van der Waals surface area (Å²) in [6, 6.07) is 0.234. The van der Waals surface area contributed by atoms with Gasteiger partial charge < -0.3 is 9.33 Å². The minimum atomic E-state index is -1.95. The van der Waals surface area contributed by atoms with Crippen molar-refractivity contribution in [1.29, 1.82) is 0 Å². The molecule has 4 heteroatoms. The lowest BCUT2D eigenvalue weighted by atomic mass is 10.0. The van der Waals surface area contributed by atoms with Gasteiger partial charge in [-0.05, 0) is 52.8 Å². The molecule has 2 atom stereocenters. The number of nitrogens with zero attached hydrogens (tertiary/aromatic N) is 1. The molecule has 1 saturated heterocycles. The van der Waals surface area contributed by atoms with Gasteiger partial charge in [-0.25, -0.2) is 0 Å². The van der Waals surface area contributed by atoms with Crippen LogP contribution in [0, 0.1) is 0 Å². The highest BCUT2D eigenvalue weighted by Crippen LogP contribution is 2.44. The molecule has 0 aromatic rings. The van der Waals surface area contributed by atoms with Crippen molar-refractivity contribution < 1.29 is 9.22 Å². The number of carbonyl (C=O) groups excluding carboxylic acids is 1. The Morgan fingerprint density at radius 2 is 1.65 bits per heavy atom. The molecule has 1 rings (SSSR count). The Kier molecular flexibility index (Phi) is 4.28. The fourth-order valence-electron chi connectivity index (χ4n) is 2.96. The van der Waals surface area contributed by atoms with Crippen molar-refractivity contribution in [3.63, 3.8) is 0 Å². The molecule has 118 valence electrons. The maximum atomic E-state index is 12.9. The van der Waals surface area contributed by atoms with Crippen LogP contribution in [0.1, 0.15) is 61.8 Å². The third-order valence-electron chi connectivity index (χ3n) is 4.81. The molecular weight excluding hydrogens is 266 g/mol. The number of hydrogen-bond acceptors (Lipinski definition) is 2. The lowest BCUT2D eigenvalue weighted by molar-refractivity contribution is -0.145. The molecule has 1 aliphatic heterocycles. The SMILES string of the molecule is C[C@H]1CC(C)(O[Si](C)(C)C(C)(C)C)C(=O)N1C(C)(C)C. The monoisotopic (exact) mass is 299 g/mol. The summed E-state index contributed by atoms with van der Waals surface area (Å²) in [5.74, 6) is 0.155. The minimum Gasteiger partial charge on any atom is -0.403 e. The van der Waals surface area contributed by atoms with Gasteiger partial charge >= 0.3 is 0 Å². The van der Waals surface area contributed by atoms with E-state index < -0.39 is 13.9 Å². The summed E-state index contributed by atoms with van der Waals surface area (Å²) in [5.41, 5.74) is -0.805. The molecule has 1 fully saturated rings. The first kappa shape index (κ1) is 17.7. The second kappa shape index (κ2) is 4.84. The summed E-state index contributed by atoms with van der Waals surface area (Å²) < 4.78 is 6.51. The zero-order valence-corrected chi connectivity index (χ0v) is 16.0. The summed E-state index contributed by atoms with van der Waals surface area (Å²) in [6.07, 6.45) is 0.787. The van der Waals surface area contributed by atoms with E-state index in [9.17, 15) is 4.79 Å². The molecule has 0 radical (unpaired) electrons. The molecule has 1 amide bonds. The second-order valence-electron chi connectivity index (χ2n) is 8.99. The van der Waals surface area contributed by atoms with Crippen LogP contribution in [0.2, 0.25) is 18.1 Å². The van der Waals surface area contributed by atoms with Crippen LogP contribution < -0.4 is 0 Å². The number of hydrogen-bond donors (Lipinski definition) is 0. The standard InChI is InChI=1S/C16H33NO2Si/c1-12-11-16(8,13(18)17(12)14(2,3)4)19-20(9,10)15(5,6)7/h12H,11H2,1-10H3/t12-,16?/m0/s1. The van der Waals surface area contributed by atoms with E-state index in [1.807, 2.05) is 11.8 Å². The van der Waals surface area contributed by atoms with Gasteiger partial charge in [-0.1, -0.05) is 20.8 Å². The minimum absolute atomic E-state index is 0.120. The van der Waals surface area contributed by atoms with Crippen molar-refractivity contribution in [2.24, 2.45) is 0 Å². The van der Waals surface area contributed by atoms with Gasteiger partial charge in [0.05, 0.1) is 0 Å². The fraction of sp³-hybridized carbons (Fsp3) is 0.938. The van der Waals surface area contributed by atoms with Crippen LogP contribution in [0.25, 0.3) is 0 Å². The molecule has 0 bridgehead atoms. The fourth-order valence-corrected chi connectivity index (χ4v) is 4.57. The molecule has 0 N–H and O–H groups in total. The van der Waals surface area contributed by atoms with Crippen LogP contribution in [0.5, 0.6) is 0 Å². The highest BCUT2D eigenvalue weighted by molar-refractivity contribution is 6.74. The molecule has 0 aromatic heterocycles. The van der Waals surface area contributed by atoms with E-state index in [0.29, 0.717) is 0 Å². The molecule has 0 aromatic carbocycles. The van der Waals surface area contributed by atoms with E-state index in [-0.39, 0.29) is 22.5 Å². The first-order valence-corrected chi connectivity index (χ1v) is 10.6. The van der Waals surface area contributed by atoms with Gasteiger partial charge in [-0.3, -0.25) is 4.79 Å². The summed E-state index contributed by atoms with van der Waals surface area (Å²) in [5, 5.41) is 0.120. The third-order valence-corrected chi connectivity index (χ3v) is 9.38. The second-order valence-corrected chi connectivity index (χ2v) is 13.7. The molecule has 1 heterocycles. The topological polar surface area (TPSA) is 29.5 Å². The average molecular weight is 300 g/mol. The average Bonchev–Trinajstić information content (AvgIpc) is 2.32. The van der Waals surface area contributed by atoms with E-state index >= 15 is 0 Å². The maximum absolute atomic E-state index is 12.9. The molecule has 0 saturated carbocycles. The van der Waals surface area contributed by atoms with Gasteiger partial charge in [-0.15, -0.1) is 0 Å². The van der Waals surface area contributed by atoms with Crippen molar-refractivity contribution in [1.82, 2.24) is 4.90 Å². The number of carbonyl (C=O) groups is 1. The van der Waals surface area contributed by atoms with E-state index in [4.69, 9.17) is 4.43 Å². The van der Waals surface area contributed by atoms with E-state index in [0.717, 1.165) is 6.42 Å². The van der Waals surface area contributed by atoms with Gasteiger partial charge in [0, 0.05) is 18.0 Å². The largest absolute Gasteiger partial charge is 0.403 e. The highest BCUT2D eigenvalue weighted by atomic mass is 28.4. The highest BCUT2D eigenvalue weighted by Gasteiger charge is 2.54. The maximum Gasteiger partial charge on any atom is 0.254 e. The number of likely N-dealkylation sites (tertiary alicyclic amines) is 1. The Morgan fingerprint density at radius 1 is 1.20 bits per heavy atom. The molecule has 0 spiro atoms. The van der Waals surface area contributed by atoms with Crippen molar-refractivity contribution in [3.8, 4) is 0 Å². The van der Waals surface area contributed by atoms with Crippen LogP contribution in [-0.4, -0.2) is 36.3 Å². The van der Waals surface area contributed by atoms with Crippen molar-refractivity contribution in [3.05, 3.63) is 0 Å². The third kappa shape index (κ3) is 3.11. The zero-order chi connectivity index (χ0) is 16.1. The summed E-state index contributed by atoms with van der Waals surface area (Å²) in [4.78, 5) is 14.9. The summed E-state index contributed by atoms with van der Waals surface area (Å²) in [7, 11) is -1.95. The van der Waals surface area contributed by atoms with Crippen molar-refractivity contribution in [2.45, 2.75) is 97.1 Å². The lowest BCUT2D eigenvalue weighted by Crippen LogP contribution is -2.54. The van der Waals surface area contributed by atoms with Crippen LogP contribution in [-0.2, 0) is 9.22 Å². The van der Waals surface area contributed by atoms with Gasteiger partial charge in [0.25, 0.3) is 5.91 Å². The van der Waals surface area contributed by atoms with Gasteiger partial charge in [0.1, 0.15) is 5.60 Å². The Balaban J connectivity index is 3.06. The molecule has 1 unspecified atom stereocenters. The molecule has 3 nitrogen and oxygen atoms in total. The molecular formula is C16H33NO2Si. The van der Waals surface area contributed by atoms with Crippen LogP contribution in [0.3, 0.4) is 0 Å². The van der Waals surface area contributed by atoms with Crippen molar-refractivity contribution >= 4 is 14.2 Å². The molecule has 1 aliphatic rings. The van der Waals surface area contributed by atoms with Crippen molar-refractivity contribution in [2.75, 3.05) is 0 Å². The normalized spacial score (nSPS) is 29.2. The first-order chi connectivity index (χ1) is 8.62. The lowest BCUT2D eigenvalue weighted by Gasteiger charge is -2.42. The zero-order valence-electron chi connectivity index (χ0n) is 15.0. The van der Waals surface area contributed by atoms with Gasteiger partial charge in [0.2, 0.25) is 0 Å². The van der Waals surface area contributed by atoms with E-state index in [2.05, 4.69) is 61.6 Å². The Bertz CT molecular complexity index is 392. The Hall–Kier alpha value is -0.353. The van der Waals surface area contributed by atoms with Crippen LogP contribution in [0.4, 0.5) is 0 Å². The molecule has 20 heavy (non-hydrogen) atoms. The Morgan fingerprint density at radius 3 is 1.95 bits per heavy atom. The predicted molar refractivity (Wildman–Crippen MR) is 87.4 cm³/mol. The molecule has 0 aliphatic carbocycles. The summed E-state index contributed by atoms with van der Waals surface area (Å²) in [6.45, 7) is 21.5. The quantitative estimate of drug-likeness (QED) is 0.716. The summed E-state index contributed by atoms with van der Waals surface area (Å²) >= 11 is 0. The van der Waals surface area contributed by atoms with Gasteiger partial charge in [-0.2, -0.15) is 0 Å². The predicted octanol–water partition coefficient (Wildman–Crippen LogP) is 4.19. The number of rotatable bonds is 2. The van der Waals surface area contributed by atoms with E-state index in [1.165, 1.54) is 0 Å². The Labute approximate surface area is 126 Å². The van der Waals surface area contributed by atoms with E-state index in [1.54, 1.807) is 0 Å². The van der Waals surface area contributed by atoms with Gasteiger partial charge in [0.15, 0.2) is 8.32 Å². The van der Waals surface area contributed by atoms with Crippen LogP contribution in [0.15, 0.2) is 0 Å². The smallest absolute Gasteiger partial charge is 0.254 e. The number of amides is 1. The first-order valence-electron chi connectivity index (χ1n) is 7.66. The van der Waals surface area contributed by atoms with Crippen LogP contribution >= 0.6 is 0 Å².